The van der Waals surface area contributed by atoms with Gasteiger partial charge in [0.25, 0.3) is 0 Å². The first-order valence-electron chi connectivity index (χ1n) is 5.62. The van der Waals surface area contributed by atoms with Gasteiger partial charge in [-0.2, -0.15) is 0 Å². The summed E-state index contributed by atoms with van der Waals surface area (Å²) in [7, 11) is 0. The summed E-state index contributed by atoms with van der Waals surface area (Å²) in [4.78, 5) is 2.22. The van der Waals surface area contributed by atoms with E-state index in [1.165, 1.54) is 12.8 Å². The summed E-state index contributed by atoms with van der Waals surface area (Å²) in [5.74, 6) is 0. The molecule has 0 saturated heterocycles. The van der Waals surface area contributed by atoms with Crippen LogP contribution in [0, 0.1) is 0 Å². The zero-order valence-electron chi connectivity index (χ0n) is 9.19. The number of aliphatic hydroxyl groups is 1. The highest BCUT2D eigenvalue weighted by Crippen LogP contribution is 2.34. The van der Waals surface area contributed by atoms with Gasteiger partial charge >= 0.3 is 0 Å². The van der Waals surface area contributed by atoms with Crippen molar-refractivity contribution in [3.63, 3.8) is 0 Å². The van der Waals surface area contributed by atoms with Crippen LogP contribution in [-0.4, -0.2) is 24.3 Å². The lowest BCUT2D eigenvalue weighted by atomic mass is 10.1. The Balaban J connectivity index is 2.30. The summed E-state index contributed by atoms with van der Waals surface area (Å²) in [6.45, 7) is 1.31. The third kappa shape index (κ3) is 2.48. The fraction of sp³-hybridized carbons (Fsp3) is 0.500. The van der Waals surface area contributed by atoms with Crippen molar-refractivity contribution in [2.45, 2.75) is 25.4 Å². The van der Waals surface area contributed by atoms with Gasteiger partial charge in [0, 0.05) is 29.8 Å². The van der Waals surface area contributed by atoms with Gasteiger partial charge in [-0.3, -0.25) is 0 Å². The highest BCUT2D eigenvalue weighted by atomic mass is 35.5. The Morgan fingerprint density at radius 3 is 2.75 bits per heavy atom. The van der Waals surface area contributed by atoms with Gasteiger partial charge in [-0.25, -0.2) is 0 Å². The van der Waals surface area contributed by atoms with Crippen LogP contribution in [0.25, 0.3) is 0 Å². The summed E-state index contributed by atoms with van der Waals surface area (Å²) in [6.07, 6.45) is 2.38. The third-order valence-corrected chi connectivity index (χ3v) is 3.14. The quantitative estimate of drug-likeness (QED) is 0.825. The maximum Gasteiger partial charge on any atom is 0.0606 e. The SMILES string of the molecule is NCc1ccc(Cl)cc1N(CCO)C1CC1. The van der Waals surface area contributed by atoms with E-state index in [2.05, 4.69) is 4.90 Å². The zero-order valence-corrected chi connectivity index (χ0v) is 9.95. The normalized spacial score (nSPS) is 15.2. The van der Waals surface area contributed by atoms with Gasteiger partial charge in [0.15, 0.2) is 0 Å². The van der Waals surface area contributed by atoms with Gasteiger partial charge in [0.2, 0.25) is 0 Å². The molecule has 16 heavy (non-hydrogen) atoms. The van der Waals surface area contributed by atoms with Crippen molar-refractivity contribution in [3.05, 3.63) is 28.8 Å². The van der Waals surface area contributed by atoms with Crippen LogP contribution in [0.5, 0.6) is 0 Å². The standard InChI is InChI=1S/C12H17ClN2O/c13-10-2-1-9(8-14)12(7-10)15(5-6-16)11-3-4-11/h1-2,7,11,16H,3-6,8,14H2. The molecule has 0 atom stereocenters. The Hall–Kier alpha value is -0.770. The Morgan fingerprint density at radius 2 is 2.19 bits per heavy atom. The lowest BCUT2D eigenvalue weighted by Gasteiger charge is -2.26. The van der Waals surface area contributed by atoms with Gasteiger partial charge in [0.05, 0.1) is 6.61 Å². The van der Waals surface area contributed by atoms with Crippen LogP contribution in [-0.2, 0) is 6.54 Å². The number of hydrogen-bond acceptors (Lipinski definition) is 3. The summed E-state index contributed by atoms with van der Waals surface area (Å²) in [5.41, 5.74) is 7.89. The van der Waals surface area contributed by atoms with E-state index >= 15 is 0 Å². The van der Waals surface area contributed by atoms with Gasteiger partial charge in [-0.05, 0) is 30.5 Å². The largest absolute Gasteiger partial charge is 0.395 e. The van der Waals surface area contributed by atoms with Crippen LogP contribution in [0.3, 0.4) is 0 Å². The number of benzene rings is 1. The van der Waals surface area contributed by atoms with E-state index in [1.807, 2.05) is 18.2 Å². The molecule has 1 aliphatic rings. The minimum atomic E-state index is 0.160. The number of rotatable bonds is 5. The first-order valence-corrected chi connectivity index (χ1v) is 6.00. The molecule has 4 heteroatoms. The number of anilines is 1. The summed E-state index contributed by atoms with van der Waals surface area (Å²) in [5, 5.41) is 9.82. The number of nitrogens with zero attached hydrogens (tertiary/aromatic N) is 1. The lowest BCUT2D eigenvalue weighted by molar-refractivity contribution is 0.301. The van der Waals surface area contributed by atoms with Gasteiger partial charge in [0.1, 0.15) is 0 Å². The third-order valence-electron chi connectivity index (χ3n) is 2.91. The van der Waals surface area contributed by atoms with Crippen LogP contribution in [0.15, 0.2) is 18.2 Å². The van der Waals surface area contributed by atoms with Crippen LogP contribution in [0.2, 0.25) is 5.02 Å². The molecule has 88 valence electrons. The molecule has 1 aliphatic carbocycles. The summed E-state index contributed by atoms with van der Waals surface area (Å²) < 4.78 is 0. The average molecular weight is 241 g/mol. The second kappa shape index (κ2) is 5.04. The highest BCUT2D eigenvalue weighted by molar-refractivity contribution is 6.30. The smallest absolute Gasteiger partial charge is 0.0606 e. The van der Waals surface area contributed by atoms with E-state index in [0.29, 0.717) is 19.1 Å². The molecular weight excluding hydrogens is 224 g/mol. The Morgan fingerprint density at radius 1 is 1.44 bits per heavy atom. The first kappa shape index (κ1) is 11.7. The van der Waals surface area contributed by atoms with Crippen molar-refractivity contribution in [1.82, 2.24) is 0 Å². The molecule has 0 spiro atoms. The molecule has 1 aromatic carbocycles. The maximum atomic E-state index is 9.10. The van der Waals surface area contributed by atoms with Crippen LogP contribution in [0.4, 0.5) is 5.69 Å². The van der Waals surface area contributed by atoms with Crippen LogP contribution in [0.1, 0.15) is 18.4 Å². The van der Waals surface area contributed by atoms with Gasteiger partial charge in [-0.1, -0.05) is 17.7 Å². The van der Waals surface area contributed by atoms with Gasteiger partial charge in [-0.15, -0.1) is 0 Å². The molecule has 0 radical (unpaired) electrons. The fourth-order valence-corrected chi connectivity index (χ4v) is 2.14. The second-order valence-electron chi connectivity index (χ2n) is 4.13. The molecule has 0 heterocycles. The van der Waals surface area contributed by atoms with E-state index in [4.69, 9.17) is 22.4 Å². The molecule has 1 aromatic rings. The van der Waals surface area contributed by atoms with Crippen LogP contribution < -0.4 is 10.6 Å². The molecule has 1 fully saturated rings. The molecule has 0 aliphatic heterocycles. The molecule has 3 nitrogen and oxygen atoms in total. The fourth-order valence-electron chi connectivity index (χ4n) is 1.97. The van der Waals surface area contributed by atoms with Crippen molar-refractivity contribution in [1.29, 1.82) is 0 Å². The molecule has 2 rings (SSSR count). The highest BCUT2D eigenvalue weighted by Gasteiger charge is 2.29. The van der Waals surface area contributed by atoms with Crippen molar-refractivity contribution in [2.75, 3.05) is 18.1 Å². The molecular formula is C12H17ClN2O. The molecule has 0 bridgehead atoms. The molecule has 0 amide bonds. The second-order valence-corrected chi connectivity index (χ2v) is 4.56. The zero-order chi connectivity index (χ0) is 11.5. The number of aliphatic hydroxyl groups excluding tert-OH is 1. The minimum absolute atomic E-state index is 0.160. The molecule has 1 saturated carbocycles. The maximum absolute atomic E-state index is 9.10. The van der Waals surface area contributed by atoms with Gasteiger partial charge < -0.3 is 15.7 Å². The van der Waals surface area contributed by atoms with Crippen LogP contribution >= 0.6 is 11.6 Å². The number of nitrogens with two attached hydrogens (primary N) is 1. The first-order chi connectivity index (χ1) is 7.76. The van der Waals surface area contributed by atoms with Crippen molar-refractivity contribution in [3.8, 4) is 0 Å². The van der Waals surface area contributed by atoms with E-state index in [9.17, 15) is 0 Å². The van der Waals surface area contributed by atoms with Crippen molar-refractivity contribution < 1.29 is 5.11 Å². The predicted octanol–water partition coefficient (Wildman–Crippen LogP) is 1.76. The minimum Gasteiger partial charge on any atom is -0.395 e. The Labute approximate surface area is 101 Å². The summed E-state index contributed by atoms with van der Waals surface area (Å²) >= 11 is 6.01. The number of halogens is 1. The Bertz CT molecular complexity index is 366. The lowest BCUT2D eigenvalue weighted by Crippen LogP contribution is -2.30. The van der Waals surface area contributed by atoms with E-state index < -0.39 is 0 Å². The van der Waals surface area contributed by atoms with E-state index in [-0.39, 0.29) is 6.61 Å². The molecule has 3 N–H and O–H groups in total. The topological polar surface area (TPSA) is 49.5 Å². The number of hydrogen-bond donors (Lipinski definition) is 2. The van der Waals surface area contributed by atoms with Crippen molar-refractivity contribution in [2.24, 2.45) is 5.73 Å². The molecule has 0 unspecified atom stereocenters. The van der Waals surface area contributed by atoms with E-state index in [1.54, 1.807) is 0 Å². The predicted molar refractivity (Wildman–Crippen MR) is 66.8 cm³/mol. The monoisotopic (exact) mass is 240 g/mol. The average Bonchev–Trinajstić information content (AvgIpc) is 3.10. The molecule has 0 aromatic heterocycles. The van der Waals surface area contributed by atoms with Crippen molar-refractivity contribution >= 4 is 17.3 Å². The van der Waals surface area contributed by atoms with E-state index in [0.717, 1.165) is 16.3 Å². The summed E-state index contributed by atoms with van der Waals surface area (Å²) in [6, 6.07) is 6.32. The Kier molecular flexibility index (Phi) is 3.69.